The number of nitrogens with two attached hydrogens (primary N) is 1. The van der Waals surface area contributed by atoms with Crippen LogP contribution in [0.15, 0.2) is 52.3 Å². The summed E-state index contributed by atoms with van der Waals surface area (Å²) in [4.78, 5) is 13.1. The van der Waals surface area contributed by atoms with Crippen molar-refractivity contribution in [2.75, 3.05) is 12.5 Å². The molecule has 0 fully saturated rings. The van der Waals surface area contributed by atoms with Crippen molar-refractivity contribution in [1.29, 1.82) is 0 Å². The van der Waals surface area contributed by atoms with Crippen molar-refractivity contribution in [3.63, 3.8) is 0 Å². The van der Waals surface area contributed by atoms with Gasteiger partial charge in [-0.25, -0.2) is 4.79 Å². The molecule has 4 rings (SSSR count). The molecule has 0 saturated heterocycles. The molecular weight excluding hydrogens is 606 g/mol. The Balaban J connectivity index is 2.08. The summed E-state index contributed by atoms with van der Waals surface area (Å²) in [5.41, 5.74) is 5.60. The summed E-state index contributed by atoms with van der Waals surface area (Å²) in [7, 11) is -9.44. The van der Waals surface area contributed by atoms with Crippen LogP contribution in [0, 0.1) is 0 Å². The number of hydrogen-bond donors (Lipinski definition) is 1. The molecule has 192 valence electrons. The van der Waals surface area contributed by atoms with Crippen LogP contribution in [0.3, 0.4) is 0 Å². The van der Waals surface area contributed by atoms with Gasteiger partial charge < -0.3 is 15.2 Å². The minimum absolute atomic E-state index is 0.155. The van der Waals surface area contributed by atoms with Crippen molar-refractivity contribution in [2.45, 2.75) is 12.7 Å². The average molecular weight is 624 g/mol. The van der Waals surface area contributed by atoms with E-state index in [2.05, 4.69) is 20.7 Å². The van der Waals surface area contributed by atoms with Gasteiger partial charge in [0, 0.05) is 17.7 Å². The van der Waals surface area contributed by atoms with E-state index in [-0.39, 0.29) is 22.6 Å². The van der Waals surface area contributed by atoms with Gasteiger partial charge in [0.2, 0.25) is 0 Å². The summed E-state index contributed by atoms with van der Waals surface area (Å²) in [5, 5.41) is 0. The number of carbonyl (C=O) groups is 1. The Labute approximate surface area is 217 Å². The first-order valence-corrected chi connectivity index (χ1v) is 15.2. The van der Waals surface area contributed by atoms with Gasteiger partial charge in [-0.3, -0.25) is 0 Å². The van der Waals surface area contributed by atoms with Crippen LogP contribution >= 0.6 is 27.3 Å². The number of halogens is 3. The maximum Gasteiger partial charge on any atom is 0.450 e. The Bertz CT molecular complexity index is 1560. The van der Waals surface area contributed by atoms with E-state index in [9.17, 15) is 30.4 Å². The third-order valence-electron chi connectivity index (χ3n) is 5.45. The first kappa shape index (κ1) is 26.5. The second kappa shape index (κ2) is 9.06. The van der Waals surface area contributed by atoms with E-state index < -0.39 is 47.8 Å². The highest BCUT2D eigenvalue weighted by molar-refractivity contribution is 9.11. The van der Waals surface area contributed by atoms with E-state index in [0.717, 1.165) is 9.85 Å². The van der Waals surface area contributed by atoms with Crippen LogP contribution in [0.5, 0.6) is 11.5 Å². The molecule has 1 aromatic heterocycles. The number of rotatable bonds is 6. The predicted octanol–water partition coefficient (Wildman–Crippen LogP) is 4.57. The molecule has 1 unspecified atom stereocenters. The van der Waals surface area contributed by atoms with E-state index in [1.807, 2.05) is 0 Å². The first-order chi connectivity index (χ1) is 16.7. The predicted molar refractivity (Wildman–Crippen MR) is 134 cm³/mol. The minimum Gasteiger partial charge on any atom is -0.479 e. The molecule has 1 atom stereocenters. The monoisotopic (exact) mass is 623 g/mol. The number of urea groups is 1. The largest absolute Gasteiger partial charge is 0.479 e. The number of primary amides is 1. The third kappa shape index (κ3) is 4.18. The van der Waals surface area contributed by atoms with Gasteiger partial charge in [-0.05, 0) is 55.1 Å². The summed E-state index contributed by atoms with van der Waals surface area (Å²) in [6.07, 6.45) is 0.249. The Hall–Kier alpha value is -2.59. The molecular formula is C21H18BrF2N2O7S3+. The Kier molecular flexibility index (Phi) is 6.66. The first-order valence-electron chi connectivity index (χ1n) is 9.92. The van der Waals surface area contributed by atoms with Crippen LogP contribution in [-0.4, -0.2) is 42.0 Å². The van der Waals surface area contributed by atoms with Crippen molar-refractivity contribution < 1.29 is 39.9 Å². The van der Waals surface area contributed by atoms with Gasteiger partial charge in [0.25, 0.3) is 0 Å². The number of alkyl halides is 2. The quantitative estimate of drug-likeness (QED) is 0.398. The normalized spacial score (nSPS) is 15.7. The fourth-order valence-corrected chi connectivity index (χ4v) is 9.29. The number of fused-ring (bicyclic) bond motifs is 3. The zero-order chi connectivity index (χ0) is 26.6. The molecule has 15 heteroatoms. The van der Waals surface area contributed by atoms with Crippen molar-refractivity contribution in [3.8, 4) is 22.6 Å². The van der Waals surface area contributed by atoms with Gasteiger partial charge in [-0.15, -0.1) is 11.3 Å². The van der Waals surface area contributed by atoms with Crippen LogP contribution in [-0.2, 0) is 20.0 Å². The maximum atomic E-state index is 13.1. The number of nitrogens with zero attached hydrogens (tertiary/aromatic N) is 1. The standard InChI is InChI=1S/C21H17BrF2N2O7S3/c1-35(28,29)26(21(25)27,36(2,30)31)11-6-7-12-13(10-11)19(16-8-9-17(22)34-16)32-14-4-3-5-15(18(12)14)33-20(23)24/h3-10,19-20H,1-2H3,(H-,25,27)/p+1. The fraction of sp³-hybridized carbons (Fsp3) is 0.190. The lowest BCUT2D eigenvalue weighted by molar-refractivity contribution is -0.0496. The van der Waals surface area contributed by atoms with Crippen LogP contribution in [0.4, 0.5) is 19.3 Å². The van der Waals surface area contributed by atoms with Crippen molar-refractivity contribution in [3.05, 3.63) is 62.8 Å². The van der Waals surface area contributed by atoms with Gasteiger partial charge in [0.15, 0.2) is 11.8 Å². The molecule has 2 aromatic carbocycles. The lowest BCUT2D eigenvalue weighted by atomic mass is 9.91. The van der Waals surface area contributed by atoms with E-state index >= 15 is 0 Å². The molecule has 0 aliphatic carbocycles. The number of ether oxygens (including phenoxy) is 2. The van der Waals surface area contributed by atoms with Crippen LogP contribution in [0.25, 0.3) is 11.1 Å². The molecule has 0 spiro atoms. The van der Waals surface area contributed by atoms with E-state index in [0.29, 0.717) is 23.0 Å². The van der Waals surface area contributed by atoms with E-state index in [1.165, 1.54) is 35.6 Å². The summed E-state index contributed by atoms with van der Waals surface area (Å²) >= 11 is 4.65. The second-order valence-electron chi connectivity index (χ2n) is 7.77. The van der Waals surface area contributed by atoms with Gasteiger partial charge in [-0.2, -0.15) is 25.6 Å². The molecule has 0 saturated carbocycles. The van der Waals surface area contributed by atoms with Gasteiger partial charge in [-0.1, -0.05) is 6.07 Å². The van der Waals surface area contributed by atoms with Crippen molar-refractivity contribution in [2.24, 2.45) is 5.73 Å². The number of carbonyl (C=O) groups excluding carboxylic acids is 1. The fourth-order valence-electron chi connectivity index (χ4n) is 4.20. The number of amides is 2. The van der Waals surface area contributed by atoms with Crippen molar-refractivity contribution >= 4 is 59.0 Å². The number of thiophene rings is 1. The molecule has 0 bridgehead atoms. The van der Waals surface area contributed by atoms with Crippen LogP contribution in [0.2, 0.25) is 0 Å². The van der Waals surface area contributed by atoms with Crippen LogP contribution in [0.1, 0.15) is 16.5 Å². The topological polar surface area (TPSA) is 130 Å². The molecule has 2 heterocycles. The number of sulfonamides is 2. The summed E-state index contributed by atoms with van der Waals surface area (Å²) in [6, 6.07) is 9.74. The summed E-state index contributed by atoms with van der Waals surface area (Å²) < 4.78 is 86.8. The highest BCUT2D eigenvalue weighted by Crippen LogP contribution is 2.51. The second-order valence-corrected chi connectivity index (χ2v) is 14.5. The SMILES string of the molecule is CS(=O)(=O)[N+](C(N)=O)(c1ccc2c(c1)C(c1ccc(Br)s1)Oc1cccc(OC(F)F)c1-2)S(C)(=O)=O. The van der Waals surface area contributed by atoms with E-state index in [4.69, 9.17) is 10.5 Å². The van der Waals surface area contributed by atoms with Gasteiger partial charge in [0.1, 0.15) is 11.5 Å². The highest BCUT2D eigenvalue weighted by Gasteiger charge is 2.57. The van der Waals surface area contributed by atoms with E-state index in [1.54, 1.807) is 18.2 Å². The molecule has 9 nitrogen and oxygen atoms in total. The van der Waals surface area contributed by atoms with Crippen molar-refractivity contribution in [1.82, 2.24) is 3.29 Å². The summed E-state index contributed by atoms with van der Waals surface area (Å²) in [6.45, 7) is -3.14. The zero-order valence-corrected chi connectivity index (χ0v) is 22.5. The Morgan fingerprint density at radius 3 is 2.31 bits per heavy atom. The molecule has 1 aliphatic heterocycles. The highest BCUT2D eigenvalue weighted by atomic mass is 79.9. The summed E-state index contributed by atoms with van der Waals surface area (Å²) in [5.74, 6) is 0.00833. The smallest absolute Gasteiger partial charge is 0.450 e. The minimum atomic E-state index is -4.72. The molecule has 0 radical (unpaired) electrons. The number of quaternary nitrogens is 1. The number of hydrogen-bond acceptors (Lipinski definition) is 8. The third-order valence-corrected chi connectivity index (χ3v) is 11.4. The van der Waals surface area contributed by atoms with Gasteiger partial charge in [0.05, 0.1) is 26.7 Å². The number of benzene rings is 2. The zero-order valence-electron chi connectivity index (χ0n) is 18.5. The molecule has 3 aromatic rings. The lowest BCUT2D eigenvalue weighted by Gasteiger charge is -2.32. The Morgan fingerprint density at radius 2 is 1.78 bits per heavy atom. The molecule has 1 aliphatic rings. The molecule has 2 amide bonds. The average Bonchev–Trinajstić information content (AvgIpc) is 3.16. The molecule has 36 heavy (non-hydrogen) atoms. The Morgan fingerprint density at radius 1 is 1.11 bits per heavy atom. The lowest BCUT2D eigenvalue weighted by Crippen LogP contribution is -2.63. The van der Waals surface area contributed by atoms with Crippen LogP contribution < -0.4 is 18.5 Å². The maximum absolute atomic E-state index is 13.1. The van der Waals surface area contributed by atoms with Gasteiger partial charge >= 0.3 is 32.7 Å². The molecule has 2 N–H and O–H groups in total.